The lowest BCUT2D eigenvalue weighted by atomic mass is 10.0. The van der Waals surface area contributed by atoms with Crippen molar-refractivity contribution in [3.05, 3.63) is 46.8 Å². The number of aromatic nitrogens is 1. The number of amides is 1. The maximum absolute atomic E-state index is 12.0. The molecular formula is C18H18N2O5. The molecule has 0 aliphatic carbocycles. The number of ether oxygens (including phenoxy) is 1. The third-order valence-electron chi connectivity index (χ3n) is 3.86. The first-order chi connectivity index (χ1) is 11.9. The molecule has 1 aromatic carbocycles. The van der Waals surface area contributed by atoms with Crippen molar-refractivity contribution in [3.63, 3.8) is 0 Å². The van der Waals surface area contributed by atoms with Crippen LogP contribution >= 0.6 is 0 Å². The number of anilines is 1. The quantitative estimate of drug-likeness (QED) is 0.716. The molecule has 1 amide bonds. The largest absolute Gasteiger partial charge is 0.464 e. The number of nitrogens with zero attached hydrogens (tertiary/aromatic N) is 1. The summed E-state index contributed by atoms with van der Waals surface area (Å²) in [7, 11) is 0. The van der Waals surface area contributed by atoms with Crippen LogP contribution in [0.15, 0.2) is 33.4 Å². The number of esters is 1. The Labute approximate surface area is 143 Å². The number of furan rings is 1. The lowest BCUT2D eigenvalue weighted by Crippen LogP contribution is -2.21. The van der Waals surface area contributed by atoms with Crippen LogP contribution in [0.4, 0.5) is 5.88 Å². The van der Waals surface area contributed by atoms with Crippen molar-refractivity contribution in [3.8, 4) is 0 Å². The zero-order chi connectivity index (χ0) is 18.0. The second-order valence-corrected chi connectivity index (χ2v) is 5.91. The standard InChI is InChI=1S/C18H18N2O5/c1-10-4-14-13(8-23-15(14)5-11(10)2)7-18(22)24-9-16(21)19-17-6-12(3)20-25-17/h4-6,8H,7,9H2,1-3H3,(H,19,21). The summed E-state index contributed by atoms with van der Waals surface area (Å²) in [6, 6.07) is 5.49. The molecule has 7 nitrogen and oxygen atoms in total. The van der Waals surface area contributed by atoms with Crippen molar-refractivity contribution < 1.29 is 23.3 Å². The molecule has 2 aromatic heterocycles. The summed E-state index contributed by atoms with van der Waals surface area (Å²) in [5, 5.41) is 6.98. The molecule has 0 saturated heterocycles. The van der Waals surface area contributed by atoms with Gasteiger partial charge >= 0.3 is 5.97 Å². The van der Waals surface area contributed by atoms with Gasteiger partial charge in [-0.1, -0.05) is 5.16 Å². The average molecular weight is 342 g/mol. The molecule has 0 spiro atoms. The van der Waals surface area contributed by atoms with E-state index in [-0.39, 0.29) is 12.3 Å². The van der Waals surface area contributed by atoms with E-state index in [9.17, 15) is 9.59 Å². The number of fused-ring (bicyclic) bond motifs is 1. The van der Waals surface area contributed by atoms with E-state index in [1.165, 1.54) is 0 Å². The van der Waals surface area contributed by atoms with Crippen LogP contribution < -0.4 is 5.32 Å². The second kappa shape index (κ2) is 6.80. The molecule has 130 valence electrons. The molecule has 0 radical (unpaired) electrons. The molecule has 2 heterocycles. The van der Waals surface area contributed by atoms with Crippen LogP contribution in [0, 0.1) is 20.8 Å². The van der Waals surface area contributed by atoms with Crippen LogP contribution in [0.2, 0.25) is 0 Å². The smallest absolute Gasteiger partial charge is 0.310 e. The number of carbonyl (C=O) groups is 2. The maximum Gasteiger partial charge on any atom is 0.310 e. The van der Waals surface area contributed by atoms with E-state index in [1.807, 2.05) is 26.0 Å². The summed E-state index contributed by atoms with van der Waals surface area (Å²) in [6.07, 6.45) is 1.58. The highest BCUT2D eigenvalue weighted by Gasteiger charge is 2.14. The van der Waals surface area contributed by atoms with Gasteiger partial charge in [0.2, 0.25) is 5.88 Å². The third kappa shape index (κ3) is 3.88. The predicted molar refractivity (Wildman–Crippen MR) is 90.2 cm³/mol. The van der Waals surface area contributed by atoms with Crippen molar-refractivity contribution in [1.29, 1.82) is 0 Å². The molecule has 0 unspecified atom stereocenters. The molecule has 0 fully saturated rings. The molecule has 7 heteroatoms. The zero-order valence-electron chi connectivity index (χ0n) is 14.2. The molecular weight excluding hydrogens is 324 g/mol. The first-order valence-corrected chi connectivity index (χ1v) is 7.78. The molecule has 3 aromatic rings. The SMILES string of the molecule is Cc1cc(NC(=O)COC(=O)Cc2coc3cc(C)c(C)cc23)on1. The predicted octanol–water partition coefficient (Wildman–Crippen LogP) is 3.07. The van der Waals surface area contributed by atoms with Crippen LogP contribution in [0.1, 0.15) is 22.4 Å². The summed E-state index contributed by atoms with van der Waals surface area (Å²) in [6.45, 7) is 5.34. The van der Waals surface area contributed by atoms with E-state index in [4.69, 9.17) is 13.7 Å². The van der Waals surface area contributed by atoms with Gasteiger partial charge in [0, 0.05) is 17.0 Å². The number of rotatable bonds is 5. The molecule has 1 N–H and O–H groups in total. The summed E-state index contributed by atoms with van der Waals surface area (Å²) in [5.74, 6) is -0.789. The minimum Gasteiger partial charge on any atom is -0.464 e. The summed E-state index contributed by atoms with van der Waals surface area (Å²) in [5.41, 5.74) is 4.34. The van der Waals surface area contributed by atoms with Gasteiger partial charge in [0.15, 0.2) is 6.61 Å². The van der Waals surface area contributed by atoms with E-state index in [2.05, 4.69) is 10.5 Å². The fraction of sp³-hybridized carbons (Fsp3) is 0.278. The Hall–Kier alpha value is -3.09. The summed E-state index contributed by atoms with van der Waals surface area (Å²) in [4.78, 5) is 23.7. The molecule has 3 rings (SSSR count). The van der Waals surface area contributed by atoms with Crippen LogP contribution in [0.3, 0.4) is 0 Å². The number of hydrogen-bond donors (Lipinski definition) is 1. The molecule has 0 bridgehead atoms. The number of hydrogen-bond acceptors (Lipinski definition) is 6. The Kier molecular flexibility index (Phi) is 4.56. The summed E-state index contributed by atoms with van der Waals surface area (Å²) >= 11 is 0. The van der Waals surface area contributed by atoms with Crippen LogP contribution in [0.5, 0.6) is 0 Å². The number of aryl methyl sites for hydroxylation is 3. The number of carbonyl (C=O) groups excluding carboxylic acids is 2. The van der Waals surface area contributed by atoms with Gasteiger partial charge in [-0.3, -0.25) is 14.9 Å². The van der Waals surface area contributed by atoms with Crippen LogP contribution in [-0.2, 0) is 20.7 Å². The van der Waals surface area contributed by atoms with Gasteiger partial charge in [-0.2, -0.15) is 0 Å². The van der Waals surface area contributed by atoms with Crippen LogP contribution in [0.25, 0.3) is 11.0 Å². The maximum atomic E-state index is 12.0. The monoisotopic (exact) mass is 342 g/mol. The normalized spacial score (nSPS) is 10.8. The molecule has 0 aliphatic heterocycles. The van der Waals surface area contributed by atoms with Crippen molar-refractivity contribution in [2.75, 3.05) is 11.9 Å². The van der Waals surface area contributed by atoms with Crippen molar-refractivity contribution in [2.24, 2.45) is 0 Å². The Morgan fingerprint density at radius 2 is 1.92 bits per heavy atom. The van der Waals surface area contributed by atoms with E-state index in [1.54, 1.807) is 19.3 Å². The van der Waals surface area contributed by atoms with Gasteiger partial charge in [-0.05, 0) is 44.0 Å². The first-order valence-electron chi connectivity index (χ1n) is 7.78. The van der Waals surface area contributed by atoms with E-state index in [0.717, 1.165) is 27.7 Å². The fourth-order valence-corrected chi connectivity index (χ4v) is 2.42. The van der Waals surface area contributed by atoms with E-state index in [0.29, 0.717) is 5.69 Å². The average Bonchev–Trinajstić information content (AvgIpc) is 3.13. The van der Waals surface area contributed by atoms with Crippen molar-refractivity contribution in [2.45, 2.75) is 27.2 Å². The number of benzene rings is 1. The fourth-order valence-electron chi connectivity index (χ4n) is 2.42. The highest BCUT2D eigenvalue weighted by atomic mass is 16.5. The Morgan fingerprint density at radius 3 is 2.64 bits per heavy atom. The third-order valence-corrected chi connectivity index (χ3v) is 3.86. The zero-order valence-corrected chi connectivity index (χ0v) is 14.2. The van der Waals surface area contributed by atoms with Crippen molar-refractivity contribution in [1.82, 2.24) is 5.16 Å². The van der Waals surface area contributed by atoms with Gasteiger partial charge in [0.1, 0.15) is 5.58 Å². The Morgan fingerprint density at radius 1 is 1.16 bits per heavy atom. The highest BCUT2D eigenvalue weighted by molar-refractivity contribution is 5.92. The van der Waals surface area contributed by atoms with Gasteiger partial charge in [0.05, 0.1) is 18.4 Å². The van der Waals surface area contributed by atoms with Gasteiger partial charge in [-0.25, -0.2) is 0 Å². The second-order valence-electron chi connectivity index (χ2n) is 5.91. The molecule has 0 saturated carbocycles. The molecule has 0 aliphatic rings. The lowest BCUT2D eigenvalue weighted by molar-refractivity contribution is -0.146. The van der Waals surface area contributed by atoms with Crippen molar-refractivity contribution >= 4 is 28.7 Å². The highest BCUT2D eigenvalue weighted by Crippen LogP contribution is 2.25. The summed E-state index contributed by atoms with van der Waals surface area (Å²) < 4.78 is 15.4. The van der Waals surface area contributed by atoms with E-state index >= 15 is 0 Å². The minimum absolute atomic E-state index is 0.0319. The topological polar surface area (TPSA) is 94.6 Å². The lowest BCUT2D eigenvalue weighted by Gasteiger charge is -2.04. The van der Waals surface area contributed by atoms with Gasteiger partial charge in [-0.15, -0.1) is 0 Å². The Bertz CT molecular complexity index is 938. The number of nitrogens with one attached hydrogen (secondary N) is 1. The Balaban J connectivity index is 1.57. The van der Waals surface area contributed by atoms with E-state index < -0.39 is 18.5 Å². The molecule has 25 heavy (non-hydrogen) atoms. The van der Waals surface area contributed by atoms with Gasteiger partial charge in [0.25, 0.3) is 5.91 Å². The minimum atomic E-state index is -0.509. The van der Waals surface area contributed by atoms with Gasteiger partial charge < -0.3 is 13.7 Å². The van der Waals surface area contributed by atoms with Crippen LogP contribution in [-0.4, -0.2) is 23.6 Å². The first kappa shape index (κ1) is 16.8. The molecule has 0 atom stereocenters.